The van der Waals surface area contributed by atoms with E-state index >= 15 is 0 Å². The second-order valence-corrected chi connectivity index (χ2v) is 8.12. The number of nitrogens with one attached hydrogen (secondary N) is 1. The maximum Gasteiger partial charge on any atom is 0.331 e. The molecule has 10 heteroatoms. The Bertz CT molecular complexity index is 1110. The van der Waals surface area contributed by atoms with Crippen LogP contribution in [0.3, 0.4) is 0 Å². The van der Waals surface area contributed by atoms with Gasteiger partial charge in [-0.2, -0.15) is 0 Å². The third-order valence-corrected chi connectivity index (χ3v) is 4.93. The number of amides is 1. The van der Waals surface area contributed by atoms with E-state index < -0.39 is 29.7 Å². The number of furan rings is 1. The number of nitrogen functional groups attached to an aromatic ring is 1. The van der Waals surface area contributed by atoms with Crippen molar-refractivity contribution >= 4 is 29.5 Å². The first-order chi connectivity index (χ1) is 15.6. The Hall–Kier alpha value is -3.56. The number of carbonyl (C=O) groups excluding carboxylic acids is 2. The number of carbonyl (C=O) groups is 2. The zero-order valence-electron chi connectivity index (χ0n) is 19.6. The summed E-state index contributed by atoms with van der Waals surface area (Å²) in [6, 6.07) is 3.45. The number of esters is 1. The lowest BCUT2D eigenvalue weighted by Crippen LogP contribution is -2.43. The molecule has 2 rings (SSSR count). The number of ether oxygens (including phenoxy) is 1. The topological polar surface area (TPSA) is 141 Å². The number of anilines is 2. The van der Waals surface area contributed by atoms with Crippen LogP contribution in [0.2, 0.25) is 0 Å². The van der Waals surface area contributed by atoms with Crippen molar-refractivity contribution in [3.8, 4) is 0 Å². The minimum atomic E-state index is -0.762. The van der Waals surface area contributed by atoms with Crippen molar-refractivity contribution in [2.45, 2.75) is 53.5 Å². The fraction of sp³-hybridized carbons (Fsp3) is 0.478. The van der Waals surface area contributed by atoms with Crippen LogP contribution in [0, 0.1) is 12.8 Å². The average molecular weight is 461 g/mol. The standard InChI is InChI=1S/C23H32N4O6/c1-5-6-12-27-21(24)20(22(30)25-23(27)31)26(13-11-15(2)3)18(28)14-32-19(29)10-9-17-8-7-16(4)33-17/h7-10,15H,5-6,11-14,24H2,1-4H3,(H,25,30,31)/b10-9+. The minimum Gasteiger partial charge on any atom is -0.462 e. The van der Waals surface area contributed by atoms with E-state index in [9.17, 15) is 19.2 Å². The molecule has 0 bridgehead atoms. The first-order valence-corrected chi connectivity index (χ1v) is 11.0. The number of unbranched alkanes of at least 4 members (excludes halogenated alkanes) is 1. The van der Waals surface area contributed by atoms with Gasteiger partial charge < -0.3 is 19.8 Å². The third kappa shape index (κ3) is 7.23. The lowest BCUT2D eigenvalue weighted by atomic mass is 10.1. The zero-order chi connectivity index (χ0) is 24.5. The Balaban J connectivity index is 2.24. The van der Waals surface area contributed by atoms with Crippen molar-refractivity contribution in [1.29, 1.82) is 0 Å². The van der Waals surface area contributed by atoms with E-state index in [2.05, 4.69) is 4.98 Å². The van der Waals surface area contributed by atoms with E-state index in [1.165, 1.54) is 15.5 Å². The highest BCUT2D eigenvalue weighted by Crippen LogP contribution is 2.19. The summed E-state index contributed by atoms with van der Waals surface area (Å²) in [5, 5.41) is 0. The van der Waals surface area contributed by atoms with Gasteiger partial charge in [0.05, 0.1) is 0 Å². The lowest BCUT2D eigenvalue weighted by molar-refractivity contribution is -0.142. The van der Waals surface area contributed by atoms with E-state index in [0.717, 1.165) is 12.5 Å². The number of aromatic nitrogens is 2. The van der Waals surface area contributed by atoms with Gasteiger partial charge >= 0.3 is 11.7 Å². The number of rotatable bonds is 11. The molecule has 0 aliphatic carbocycles. The molecular weight excluding hydrogens is 428 g/mol. The molecular formula is C23H32N4O6. The molecule has 2 aromatic rings. The molecule has 2 heterocycles. The summed E-state index contributed by atoms with van der Waals surface area (Å²) in [6.45, 7) is 7.57. The van der Waals surface area contributed by atoms with Crippen LogP contribution in [0.4, 0.5) is 11.5 Å². The average Bonchev–Trinajstić information content (AvgIpc) is 3.17. The molecule has 2 aromatic heterocycles. The Morgan fingerprint density at radius 3 is 2.64 bits per heavy atom. The van der Waals surface area contributed by atoms with E-state index in [1.54, 1.807) is 19.1 Å². The van der Waals surface area contributed by atoms with Gasteiger partial charge in [0.2, 0.25) is 0 Å². The zero-order valence-corrected chi connectivity index (χ0v) is 19.6. The highest BCUT2D eigenvalue weighted by molar-refractivity contribution is 5.98. The normalized spacial score (nSPS) is 11.3. The van der Waals surface area contributed by atoms with Gasteiger partial charge in [0.1, 0.15) is 17.3 Å². The molecule has 0 aliphatic rings. The predicted octanol–water partition coefficient (Wildman–Crippen LogP) is 2.46. The number of aromatic amines is 1. The molecule has 0 radical (unpaired) electrons. The van der Waals surface area contributed by atoms with Gasteiger partial charge in [0.25, 0.3) is 11.5 Å². The number of nitrogens with zero attached hydrogens (tertiary/aromatic N) is 2. The molecule has 0 fully saturated rings. The fourth-order valence-electron chi connectivity index (χ4n) is 3.08. The summed E-state index contributed by atoms with van der Waals surface area (Å²) < 4.78 is 11.6. The summed E-state index contributed by atoms with van der Waals surface area (Å²) in [4.78, 5) is 53.3. The maximum absolute atomic E-state index is 13.0. The molecule has 0 atom stereocenters. The molecule has 3 N–H and O–H groups in total. The number of aryl methyl sites for hydroxylation is 1. The van der Waals surface area contributed by atoms with Gasteiger partial charge in [0.15, 0.2) is 12.3 Å². The van der Waals surface area contributed by atoms with Crippen LogP contribution in [0.15, 0.2) is 32.2 Å². The molecule has 0 aliphatic heterocycles. The summed E-state index contributed by atoms with van der Waals surface area (Å²) in [5.41, 5.74) is 4.65. The van der Waals surface area contributed by atoms with Crippen LogP contribution in [0.25, 0.3) is 6.08 Å². The fourth-order valence-corrected chi connectivity index (χ4v) is 3.08. The van der Waals surface area contributed by atoms with E-state index in [0.29, 0.717) is 30.9 Å². The van der Waals surface area contributed by atoms with Gasteiger partial charge in [-0.1, -0.05) is 27.2 Å². The largest absolute Gasteiger partial charge is 0.462 e. The number of nitrogens with two attached hydrogens (primary N) is 1. The van der Waals surface area contributed by atoms with Crippen LogP contribution >= 0.6 is 0 Å². The predicted molar refractivity (Wildman–Crippen MR) is 126 cm³/mol. The lowest BCUT2D eigenvalue weighted by Gasteiger charge is -2.25. The van der Waals surface area contributed by atoms with Crippen LogP contribution in [-0.4, -0.2) is 34.6 Å². The minimum absolute atomic E-state index is 0.0892. The molecule has 10 nitrogen and oxygen atoms in total. The number of H-pyrrole nitrogens is 1. The van der Waals surface area contributed by atoms with Gasteiger partial charge in [-0.25, -0.2) is 9.59 Å². The second kappa shape index (κ2) is 11.9. The van der Waals surface area contributed by atoms with Crippen LogP contribution < -0.4 is 21.9 Å². The monoisotopic (exact) mass is 460 g/mol. The van der Waals surface area contributed by atoms with Crippen molar-refractivity contribution in [2.24, 2.45) is 5.92 Å². The van der Waals surface area contributed by atoms with Gasteiger partial charge in [0, 0.05) is 19.2 Å². The summed E-state index contributed by atoms with van der Waals surface area (Å²) in [7, 11) is 0. The van der Waals surface area contributed by atoms with Gasteiger partial charge in [-0.15, -0.1) is 0 Å². The van der Waals surface area contributed by atoms with E-state index in [-0.39, 0.29) is 24.0 Å². The van der Waals surface area contributed by atoms with Crippen LogP contribution in [0.5, 0.6) is 0 Å². The molecule has 0 saturated carbocycles. The Morgan fingerprint density at radius 1 is 1.30 bits per heavy atom. The molecule has 0 aromatic carbocycles. The first-order valence-electron chi connectivity index (χ1n) is 11.0. The smallest absolute Gasteiger partial charge is 0.331 e. The highest BCUT2D eigenvalue weighted by atomic mass is 16.5. The van der Waals surface area contributed by atoms with Crippen molar-refractivity contribution < 1.29 is 18.7 Å². The quantitative estimate of drug-likeness (QED) is 0.388. The first kappa shape index (κ1) is 25.7. The highest BCUT2D eigenvalue weighted by Gasteiger charge is 2.25. The molecule has 0 spiro atoms. The Morgan fingerprint density at radius 2 is 2.03 bits per heavy atom. The third-order valence-electron chi connectivity index (χ3n) is 4.93. The van der Waals surface area contributed by atoms with Crippen molar-refractivity contribution in [1.82, 2.24) is 9.55 Å². The van der Waals surface area contributed by atoms with Crippen molar-refractivity contribution in [3.63, 3.8) is 0 Å². The second-order valence-electron chi connectivity index (χ2n) is 8.12. The SMILES string of the molecule is CCCCn1c(N)c(N(CCC(C)C)C(=O)COC(=O)/C=C/c2ccc(C)o2)c(=O)[nH]c1=O. The molecule has 1 amide bonds. The number of hydrogen-bond acceptors (Lipinski definition) is 7. The van der Waals surface area contributed by atoms with Gasteiger partial charge in [-0.05, 0) is 43.9 Å². The van der Waals surface area contributed by atoms with E-state index in [1.807, 2.05) is 20.8 Å². The summed E-state index contributed by atoms with van der Waals surface area (Å²) in [5.74, 6) is -0.0484. The van der Waals surface area contributed by atoms with Crippen LogP contribution in [-0.2, 0) is 20.9 Å². The maximum atomic E-state index is 13.0. The van der Waals surface area contributed by atoms with Crippen molar-refractivity contribution in [3.05, 3.63) is 50.6 Å². The van der Waals surface area contributed by atoms with E-state index in [4.69, 9.17) is 14.9 Å². The van der Waals surface area contributed by atoms with Crippen LogP contribution in [0.1, 0.15) is 51.6 Å². The summed E-state index contributed by atoms with van der Waals surface area (Å²) in [6.07, 6.45) is 4.65. The molecule has 180 valence electrons. The molecule has 0 saturated heterocycles. The Kier molecular flexibility index (Phi) is 9.26. The van der Waals surface area contributed by atoms with Gasteiger partial charge in [-0.3, -0.25) is 19.1 Å². The van der Waals surface area contributed by atoms with Crippen molar-refractivity contribution in [2.75, 3.05) is 23.8 Å². The number of hydrogen-bond donors (Lipinski definition) is 2. The Labute approximate surface area is 192 Å². The molecule has 33 heavy (non-hydrogen) atoms. The molecule has 0 unspecified atom stereocenters. The summed E-state index contributed by atoms with van der Waals surface area (Å²) >= 11 is 0.